The highest BCUT2D eigenvalue weighted by Crippen LogP contribution is 2.32. The van der Waals surface area contributed by atoms with E-state index in [4.69, 9.17) is 9.84 Å². The number of aromatic carboxylic acids is 1. The van der Waals surface area contributed by atoms with Crippen LogP contribution in [-0.2, 0) is 4.74 Å². The van der Waals surface area contributed by atoms with E-state index < -0.39 is 5.97 Å². The second kappa shape index (κ2) is 4.66. The van der Waals surface area contributed by atoms with Gasteiger partial charge in [0.15, 0.2) is 0 Å². The largest absolute Gasteiger partial charge is 0.478 e. The summed E-state index contributed by atoms with van der Waals surface area (Å²) in [5.41, 5.74) is 1.86. The van der Waals surface area contributed by atoms with Crippen LogP contribution in [-0.4, -0.2) is 33.8 Å². The first-order chi connectivity index (χ1) is 9.19. The van der Waals surface area contributed by atoms with Crippen molar-refractivity contribution in [3.8, 4) is 0 Å². The number of nitrogens with one attached hydrogen (secondary N) is 1. The van der Waals surface area contributed by atoms with Crippen molar-refractivity contribution < 1.29 is 14.6 Å². The fourth-order valence-electron chi connectivity index (χ4n) is 2.70. The van der Waals surface area contributed by atoms with Gasteiger partial charge in [0.1, 0.15) is 5.82 Å². The van der Waals surface area contributed by atoms with Crippen molar-refractivity contribution in [3.63, 3.8) is 0 Å². The van der Waals surface area contributed by atoms with E-state index >= 15 is 0 Å². The van der Waals surface area contributed by atoms with Gasteiger partial charge < -0.3 is 14.8 Å². The van der Waals surface area contributed by atoms with Crippen LogP contribution in [0.15, 0.2) is 18.2 Å². The lowest BCUT2D eigenvalue weighted by atomic mass is 9.99. The molecule has 1 aromatic heterocycles. The monoisotopic (exact) mass is 260 g/mol. The Balaban J connectivity index is 1.99. The predicted octanol–water partition coefficient (Wildman–Crippen LogP) is 2.54. The maximum Gasteiger partial charge on any atom is 0.335 e. The lowest BCUT2D eigenvalue weighted by Gasteiger charge is -2.13. The SMILES string of the molecule is CCC1OCCC1c1nc2ccc(C(=O)O)cc2[nH]1. The van der Waals surface area contributed by atoms with E-state index in [0.717, 1.165) is 36.3 Å². The van der Waals surface area contributed by atoms with Crippen molar-refractivity contribution in [3.05, 3.63) is 29.6 Å². The summed E-state index contributed by atoms with van der Waals surface area (Å²) >= 11 is 0. The van der Waals surface area contributed by atoms with Gasteiger partial charge in [-0.1, -0.05) is 6.92 Å². The zero-order chi connectivity index (χ0) is 13.4. The van der Waals surface area contributed by atoms with Crippen LogP contribution in [0.2, 0.25) is 0 Å². The van der Waals surface area contributed by atoms with Gasteiger partial charge in [-0.05, 0) is 31.0 Å². The molecule has 0 bridgehead atoms. The van der Waals surface area contributed by atoms with E-state index in [1.807, 2.05) is 0 Å². The van der Waals surface area contributed by atoms with Crippen LogP contribution >= 0.6 is 0 Å². The van der Waals surface area contributed by atoms with Crippen molar-refractivity contribution in [1.82, 2.24) is 9.97 Å². The first-order valence-electron chi connectivity index (χ1n) is 6.53. The third-order valence-corrected chi connectivity index (χ3v) is 3.71. The van der Waals surface area contributed by atoms with Crippen LogP contribution in [0, 0.1) is 0 Å². The number of aromatic nitrogens is 2. The van der Waals surface area contributed by atoms with Gasteiger partial charge in [-0.2, -0.15) is 0 Å². The van der Waals surface area contributed by atoms with Gasteiger partial charge >= 0.3 is 5.97 Å². The number of rotatable bonds is 3. The maximum atomic E-state index is 11.0. The lowest BCUT2D eigenvalue weighted by molar-refractivity contribution is 0.0697. The molecule has 1 aliphatic heterocycles. The first kappa shape index (κ1) is 12.2. The molecule has 5 nitrogen and oxygen atoms in total. The van der Waals surface area contributed by atoms with E-state index in [9.17, 15) is 4.79 Å². The van der Waals surface area contributed by atoms with E-state index in [1.54, 1.807) is 18.2 Å². The Bertz CT molecular complexity index is 620. The molecule has 100 valence electrons. The van der Waals surface area contributed by atoms with Gasteiger partial charge in [-0.3, -0.25) is 0 Å². The smallest absolute Gasteiger partial charge is 0.335 e. The Morgan fingerprint density at radius 1 is 1.58 bits per heavy atom. The van der Waals surface area contributed by atoms with E-state index in [0.29, 0.717) is 0 Å². The molecule has 1 saturated heterocycles. The number of H-pyrrole nitrogens is 1. The summed E-state index contributed by atoms with van der Waals surface area (Å²) < 4.78 is 5.67. The van der Waals surface area contributed by atoms with Crippen molar-refractivity contribution in [1.29, 1.82) is 0 Å². The fourth-order valence-corrected chi connectivity index (χ4v) is 2.70. The summed E-state index contributed by atoms with van der Waals surface area (Å²) in [6, 6.07) is 4.96. The molecule has 2 heterocycles. The number of fused-ring (bicyclic) bond motifs is 1. The Labute approximate surface area is 110 Å². The van der Waals surface area contributed by atoms with E-state index in [-0.39, 0.29) is 17.6 Å². The molecule has 2 N–H and O–H groups in total. The topological polar surface area (TPSA) is 75.2 Å². The number of carboxylic acids is 1. The highest BCUT2D eigenvalue weighted by atomic mass is 16.5. The Hall–Kier alpha value is -1.88. The molecule has 5 heteroatoms. The number of benzene rings is 1. The van der Waals surface area contributed by atoms with Crippen LogP contribution < -0.4 is 0 Å². The number of imidazole rings is 1. The maximum absolute atomic E-state index is 11.0. The molecular formula is C14H16N2O3. The molecule has 0 aliphatic carbocycles. The molecule has 2 unspecified atom stereocenters. The van der Waals surface area contributed by atoms with Gasteiger partial charge in [0.25, 0.3) is 0 Å². The molecule has 0 saturated carbocycles. The minimum absolute atomic E-state index is 0.208. The van der Waals surface area contributed by atoms with Crippen LogP contribution in [0.25, 0.3) is 11.0 Å². The van der Waals surface area contributed by atoms with Gasteiger partial charge in [-0.25, -0.2) is 9.78 Å². The minimum Gasteiger partial charge on any atom is -0.478 e. The van der Waals surface area contributed by atoms with Crippen LogP contribution in [0.1, 0.15) is 41.9 Å². The first-order valence-corrected chi connectivity index (χ1v) is 6.53. The zero-order valence-corrected chi connectivity index (χ0v) is 10.7. The Morgan fingerprint density at radius 2 is 2.42 bits per heavy atom. The molecule has 0 spiro atoms. The Kier molecular flexibility index (Phi) is 2.98. The molecule has 3 rings (SSSR count). The fraction of sp³-hybridized carbons (Fsp3) is 0.429. The van der Waals surface area contributed by atoms with Gasteiger partial charge in [0, 0.05) is 12.5 Å². The average Bonchev–Trinajstić information content (AvgIpc) is 3.03. The summed E-state index contributed by atoms with van der Waals surface area (Å²) in [7, 11) is 0. The quantitative estimate of drug-likeness (QED) is 0.889. The molecular weight excluding hydrogens is 244 g/mol. The second-order valence-corrected chi connectivity index (χ2v) is 4.87. The summed E-state index contributed by atoms with van der Waals surface area (Å²) in [6.07, 6.45) is 2.13. The molecule has 1 fully saturated rings. The molecule has 1 aromatic carbocycles. The number of aromatic amines is 1. The summed E-state index contributed by atoms with van der Waals surface area (Å²) in [5.74, 6) is 0.265. The normalized spacial score (nSPS) is 23.0. The molecule has 19 heavy (non-hydrogen) atoms. The van der Waals surface area contributed by atoms with Crippen molar-refractivity contribution >= 4 is 17.0 Å². The predicted molar refractivity (Wildman–Crippen MR) is 70.4 cm³/mol. The van der Waals surface area contributed by atoms with Crippen LogP contribution in [0.3, 0.4) is 0 Å². The Morgan fingerprint density at radius 3 is 3.16 bits per heavy atom. The zero-order valence-electron chi connectivity index (χ0n) is 10.7. The molecule has 1 aliphatic rings. The molecule has 0 amide bonds. The van der Waals surface area contributed by atoms with E-state index in [1.165, 1.54) is 0 Å². The van der Waals surface area contributed by atoms with Gasteiger partial charge in [-0.15, -0.1) is 0 Å². The highest BCUT2D eigenvalue weighted by molar-refractivity contribution is 5.92. The van der Waals surface area contributed by atoms with Gasteiger partial charge in [0.2, 0.25) is 0 Å². The number of hydrogen-bond donors (Lipinski definition) is 2. The molecule has 0 radical (unpaired) electrons. The van der Waals surface area contributed by atoms with Crippen LogP contribution in [0.5, 0.6) is 0 Å². The number of nitrogens with zero attached hydrogens (tertiary/aromatic N) is 1. The van der Waals surface area contributed by atoms with E-state index in [2.05, 4.69) is 16.9 Å². The average molecular weight is 260 g/mol. The third kappa shape index (κ3) is 2.10. The van der Waals surface area contributed by atoms with Crippen molar-refractivity contribution in [2.24, 2.45) is 0 Å². The minimum atomic E-state index is -0.923. The number of hydrogen-bond acceptors (Lipinski definition) is 3. The van der Waals surface area contributed by atoms with Crippen LogP contribution in [0.4, 0.5) is 0 Å². The van der Waals surface area contributed by atoms with Gasteiger partial charge in [0.05, 0.1) is 22.7 Å². The second-order valence-electron chi connectivity index (χ2n) is 4.87. The number of ether oxygens (including phenoxy) is 1. The highest BCUT2D eigenvalue weighted by Gasteiger charge is 2.30. The number of carbonyl (C=O) groups is 1. The summed E-state index contributed by atoms with van der Waals surface area (Å²) in [6.45, 7) is 2.87. The summed E-state index contributed by atoms with van der Waals surface area (Å²) in [5, 5.41) is 8.99. The standard InChI is InChI=1S/C14H16N2O3/c1-2-12-9(5-6-19-12)13-15-10-4-3-8(14(17)18)7-11(10)16-13/h3-4,7,9,12H,2,5-6H2,1H3,(H,15,16)(H,17,18). The lowest BCUT2D eigenvalue weighted by Crippen LogP contribution is -2.14. The van der Waals surface area contributed by atoms with Crippen molar-refractivity contribution in [2.75, 3.05) is 6.61 Å². The number of carboxylic acid groups (broad SMARTS) is 1. The van der Waals surface area contributed by atoms with Crippen molar-refractivity contribution in [2.45, 2.75) is 31.8 Å². The summed E-state index contributed by atoms with van der Waals surface area (Å²) in [4.78, 5) is 18.8. The molecule has 2 aromatic rings. The third-order valence-electron chi connectivity index (χ3n) is 3.71. The molecule has 2 atom stereocenters.